The number of hydrazine groups is 1. The molecule has 0 bridgehead atoms. The summed E-state index contributed by atoms with van der Waals surface area (Å²) in [5, 5.41) is 9.90. The summed E-state index contributed by atoms with van der Waals surface area (Å²) in [5.41, 5.74) is 8.37. The number of ether oxygens (including phenoxy) is 3. The van der Waals surface area contributed by atoms with Gasteiger partial charge in [0, 0.05) is 11.8 Å². The Morgan fingerprint density at radius 3 is 2.48 bits per heavy atom. The number of carbonyl (C=O) groups is 1. The first kappa shape index (κ1) is 17.6. The fraction of sp³-hybridized carbons (Fsp3) is 0.350. The predicted molar refractivity (Wildman–Crippen MR) is 97.4 cm³/mol. The number of benzene rings is 2. The molecule has 27 heavy (non-hydrogen) atoms. The average molecular weight is 370 g/mol. The van der Waals surface area contributed by atoms with Crippen LogP contribution in [0.2, 0.25) is 0 Å². The van der Waals surface area contributed by atoms with Crippen LogP contribution < -0.4 is 20.3 Å². The van der Waals surface area contributed by atoms with Crippen LogP contribution in [-0.4, -0.2) is 31.5 Å². The van der Waals surface area contributed by atoms with Crippen LogP contribution in [0.4, 0.5) is 0 Å². The van der Waals surface area contributed by atoms with E-state index in [0.717, 1.165) is 16.9 Å². The molecule has 2 aromatic carbocycles. The van der Waals surface area contributed by atoms with Gasteiger partial charge in [0.1, 0.15) is 5.75 Å². The molecule has 2 saturated heterocycles. The molecule has 4 unspecified atom stereocenters. The second kappa shape index (κ2) is 7.09. The van der Waals surface area contributed by atoms with Gasteiger partial charge in [-0.2, -0.15) is 0 Å². The van der Waals surface area contributed by atoms with Crippen LogP contribution >= 0.6 is 0 Å². The number of phenols is 1. The molecule has 7 nitrogen and oxygen atoms in total. The van der Waals surface area contributed by atoms with Gasteiger partial charge in [0.05, 0.1) is 26.7 Å². The highest BCUT2D eigenvalue weighted by molar-refractivity contribution is 5.72. The van der Waals surface area contributed by atoms with E-state index < -0.39 is 6.23 Å². The third-order valence-corrected chi connectivity index (χ3v) is 5.33. The van der Waals surface area contributed by atoms with Gasteiger partial charge < -0.3 is 19.3 Å². The first-order valence-electron chi connectivity index (χ1n) is 8.82. The maximum Gasteiger partial charge on any atom is 0.308 e. The highest BCUT2D eigenvalue weighted by Crippen LogP contribution is 2.46. The third-order valence-electron chi connectivity index (χ3n) is 5.33. The van der Waals surface area contributed by atoms with Crippen LogP contribution in [0.3, 0.4) is 0 Å². The number of rotatable bonds is 4. The molecular formula is C20H22N2O5. The minimum Gasteiger partial charge on any atom is -0.504 e. The van der Waals surface area contributed by atoms with E-state index in [1.54, 1.807) is 19.2 Å². The summed E-state index contributed by atoms with van der Waals surface area (Å²) < 4.78 is 16.0. The molecule has 2 aliphatic heterocycles. The van der Waals surface area contributed by atoms with Gasteiger partial charge in [0.2, 0.25) is 0 Å². The average Bonchev–Trinajstić information content (AvgIpc) is 3.11. The molecule has 0 amide bonds. The first-order valence-corrected chi connectivity index (χ1v) is 8.82. The SMILES string of the molecule is COc1ccc(C2NNC3OC(=O)CC(c4ccc(O)c(OC)c4)C32)cc1. The summed E-state index contributed by atoms with van der Waals surface area (Å²) in [6.45, 7) is 0. The van der Waals surface area contributed by atoms with E-state index in [2.05, 4.69) is 10.9 Å². The van der Waals surface area contributed by atoms with Crippen molar-refractivity contribution in [1.82, 2.24) is 10.9 Å². The fourth-order valence-corrected chi connectivity index (χ4v) is 3.98. The summed E-state index contributed by atoms with van der Waals surface area (Å²) in [4.78, 5) is 12.2. The van der Waals surface area contributed by atoms with Gasteiger partial charge in [0.15, 0.2) is 17.7 Å². The summed E-state index contributed by atoms with van der Waals surface area (Å²) in [7, 11) is 3.14. The van der Waals surface area contributed by atoms with Gasteiger partial charge >= 0.3 is 5.97 Å². The zero-order valence-corrected chi connectivity index (χ0v) is 15.1. The molecule has 0 aliphatic carbocycles. The van der Waals surface area contributed by atoms with Crippen LogP contribution in [0.25, 0.3) is 0 Å². The molecule has 142 valence electrons. The van der Waals surface area contributed by atoms with Crippen LogP contribution in [0.1, 0.15) is 29.5 Å². The van der Waals surface area contributed by atoms with Crippen molar-refractivity contribution in [3.63, 3.8) is 0 Å². The number of methoxy groups -OCH3 is 2. The first-order chi connectivity index (χ1) is 13.1. The smallest absolute Gasteiger partial charge is 0.308 e. The van der Waals surface area contributed by atoms with Crippen molar-refractivity contribution in [3.8, 4) is 17.2 Å². The highest BCUT2D eigenvalue weighted by Gasteiger charge is 2.48. The van der Waals surface area contributed by atoms with Crippen LogP contribution in [0.5, 0.6) is 17.2 Å². The Bertz CT molecular complexity index is 839. The van der Waals surface area contributed by atoms with Crippen molar-refractivity contribution in [1.29, 1.82) is 0 Å². The van der Waals surface area contributed by atoms with E-state index in [1.165, 1.54) is 7.11 Å². The van der Waals surface area contributed by atoms with Crippen molar-refractivity contribution in [2.24, 2.45) is 5.92 Å². The molecule has 2 heterocycles. The summed E-state index contributed by atoms with van der Waals surface area (Å²) >= 11 is 0. The number of phenolic OH excluding ortho intramolecular Hbond substituents is 1. The lowest BCUT2D eigenvalue weighted by Crippen LogP contribution is -2.42. The lowest BCUT2D eigenvalue weighted by Gasteiger charge is -2.35. The molecule has 7 heteroatoms. The zero-order valence-electron chi connectivity index (χ0n) is 15.1. The maximum absolute atomic E-state index is 12.2. The van der Waals surface area contributed by atoms with Crippen LogP contribution in [-0.2, 0) is 9.53 Å². The Morgan fingerprint density at radius 2 is 1.78 bits per heavy atom. The number of fused-ring (bicyclic) bond motifs is 1. The van der Waals surface area contributed by atoms with E-state index in [1.807, 2.05) is 30.3 Å². The summed E-state index contributed by atoms with van der Waals surface area (Å²) in [6.07, 6.45) is -0.159. The molecule has 2 aliphatic rings. The van der Waals surface area contributed by atoms with Crippen molar-refractivity contribution in [2.45, 2.75) is 24.6 Å². The number of carbonyl (C=O) groups excluding carboxylic acids is 1. The minimum atomic E-state index is -0.428. The molecular weight excluding hydrogens is 348 g/mol. The Hall–Kier alpha value is -2.77. The number of aromatic hydroxyl groups is 1. The molecule has 2 fully saturated rings. The molecule has 3 N–H and O–H groups in total. The van der Waals surface area contributed by atoms with E-state index in [9.17, 15) is 9.90 Å². The summed E-state index contributed by atoms with van der Waals surface area (Å²) in [5.74, 6) is 0.910. The van der Waals surface area contributed by atoms with Crippen LogP contribution in [0, 0.1) is 5.92 Å². The van der Waals surface area contributed by atoms with Crippen molar-refractivity contribution >= 4 is 5.97 Å². The topological polar surface area (TPSA) is 89.0 Å². The molecule has 4 rings (SSSR count). The third kappa shape index (κ3) is 3.20. The lowest BCUT2D eigenvalue weighted by molar-refractivity contribution is -0.160. The number of hydrogen-bond acceptors (Lipinski definition) is 7. The fourth-order valence-electron chi connectivity index (χ4n) is 3.98. The Morgan fingerprint density at radius 1 is 1.04 bits per heavy atom. The number of nitrogens with one attached hydrogen (secondary N) is 2. The number of esters is 1. The largest absolute Gasteiger partial charge is 0.504 e. The Kier molecular flexibility index (Phi) is 4.63. The maximum atomic E-state index is 12.2. The molecule has 0 radical (unpaired) electrons. The lowest BCUT2D eigenvalue weighted by atomic mass is 9.76. The summed E-state index contributed by atoms with van der Waals surface area (Å²) in [6, 6.07) is 13.0. The molecule has 2 aromatic rings. The van der Waals surface area contributed by atoms with E-state index in [-0.39, 0.29) is 36.0 Å². The van der Waals surface area contributed by atoms with E-state index in [4.69, 9.17) is 14.2 Å². The number of hydrogen-bond donors (Lipinski definition) is 3. The van der Waals surface area contributed by atoms with E-state index >= 15 is 0 Å². The van der Waals surface area contributed by atoms with Gasteiger partial charge in [-0.3, -0.25) is 4.79 Å². The monoisotopic (exact) mass is 370 g/mol. The zero-order chi connectivity index (χ0) is 19.0. The van der Waals surface area contributed by atoms with Gasteiger partial charge in [-0.05, 0) is 35.4 Å². The van der Waals surface area contributed by atoms with Gasteiger partial charge in [-0.25, -0.2) is 10.9 Å². The minimum absolute atomic E-state index is 0.00894. The Balaban J connectivity index is 1.70. The van der Waals surface area contributed by atoms with Gasteiger partial charge in [0.25, 0.3) is 0 Å². The molecule has 0 saturated carbocycles. The van der Waals surface area contributed by atoms with Gasteiger partial charge in [-0.15, -0.1) is 0 Å². The molecule has 4 atom stereocenters. The normalized spacial score (nSPS) is 27.0. The van der Waals surface area contributed by atoms with Crippen molar-refractivity contribution < 1.29 is 24.1 Å². The molecule has 0 spiro atoms. The second-order valence-electron chi connectivity index (χ2n) is 6.77. The van der Waals surface area contributed by atoms with Crippen molar-refractivity contribution in [3.05, 3.63) is 53.6 Å². The highest BCUT2D eigenvalue weighted by atomic mass is 16.6. The van der Waals surface area contributed by atoms with Gasteiger partial charge in [-0.1, -0.05) is 18.2 Å². The predicted octanol–water partition coefficient (Wildman–Crippen LogP) is 2.23. The van der Waals surface area contributed by atoms with E-state index in [0.29, 0.717) is 5.75 Å². The second-order valence-corrected chi connectivity index (χ2v) is 6.77. The van der Waals surface area contributed by atoms with Crippen molar-refractivity contribution in [2.75, 3.05) is 14.2 Å². The molecule has 0 aromatic heterocycles. The standard InChI is InChI=1S/C20H22N2O5/c1-25-13-6-3-11(4-7-13)19-18-14(10-17(24)27-20(18)22-21-19)12-5-8-15(23)16(9-12)26-2/h3-9,14,18-23H,10H2,1-2H3. The van der Waals surface area contributed by atoms with Crippen LogP contribution in [0.15, 0.2) is 42.5 Å². The quantitative estimate of drug-likeness (QED) is 0.711. The Labute approximate surface area is 157 Å².